The number of methoxy groups -OCH3 is 1. The smallest absolute Gasteiger partial charge is 0.254 e. The molecule has 3 atom stereocenters. The van der Waals surface area contributed by atoms with Gasteiger partial charge in [-0.25, -0.2) is 8.42 Å². The maximum absolute atomic E-state index is 13.2. The SMILES string of the molecule is CCN(C(=O)c1ccc(S(=O)(=O)N2CC(C)OC(C)C2)cc1)C(C)c1cccc(OC)c1. The molecule has 174 valence electrons. The first kappa shape index (κ1) is 24.2. The summed E-state index contributed by atoms with van der Waals surface area (Å²) in [6.07, 6.45) is -0.323. The van der Waals surface area contributed by atoms with Gasteiger partial charge in [0.2, 0.25) is 10.0 Å². The fourth-order valence-corrected chi connectivity index (χ4v) is 5.68. The molecule has 1 aliphatic heterocycles. The molecule has 2 aromatic rings. The van der Waals surface area contributed by atoms with Crippen LogP contribution in [0.1, 0.15) is 49.7 Å². The number of nitrogens with zero attached hydrogens (tertiary/aromatic N) is 2. The van der Waals surface area contributed by atoms with Gasteiger partial charge in [-0.3, -0.25) is 4.79 Å². The number of hydrogen-bond donors (Lipinski definition) is 0. The molecule has 0 radical (unpaired) electrons. The van der Waals surface area contributed by atoms with Crippen molar-refractivity contribution in [3.8, 4) is 5.75 Å². The van der Waals surface area contributed by atoms with Crippen molar-refractivity contribution in [2.45, 2.75) is 50.8 Å². The Morgan fingerprint density at radius 2 is 1.78 bits per heavy atom. The number of benzene rings is 2. The van der Waals surface area contributed by atoms with Crippen molar-refractivity contribution in [1.82, 2.24) is 9.21 Å². The Morgan fingerprint density at radius 1 is 1.16 bits per heavy atom. The molecule has 0 saturated carbocycles. The van der Waals surface area contributed by atoms with Crippen molar-refractivity contribution in [2.75, 3.05) is 26.7 Å². The van der Waals surface area contributed by atoms with Gasteiger partial charge >= 0.3 is 0 Å². The van der Waals surface area contributed by atoms with Gasteiger partial charge in [0.15, 0.2) is 0 Å². The number of rotatable bonds is 7. The Balaban J connectivity index is 1.80. The Labute approximate surface area is 191 Å². The zero-order chi connectivity index (χ0) is 23.5. The van der Waals surface area contributed by atoms with Crippen molar-refractivity contribution >= 4 is 15.9 Å². The molecular weight excluding hydrogens is 428 g/mol. The van der Waals surface area contributed by atoms with Crippen molar-refractivity contribution in [1.29, 1.82) is 0 Å². The van der Waals surface area contributed by atoms with Crippen LogP contribution in [0.3, 0.4) is 0 Å². The average Bonchev–Trinajstić information content (AvgIpc) is 2.78. The van der Waals surface area contributed by atoms with Crippen LogP contribution in [0.2, 0.25) is 0 Å². The average molecular weight is 461 g/mol. The molecule has 2 aromatic carbocycles. The van der Waals surface area contributed by atoms with Crippen LogP contribution in [0.25, 0.3) is 0 Å². The Hall–Kier alpha value is -2.42. The zero-order valence-electron chi connectivity index (χ0n) is 19.3. The molecule has 3 unspecified atom stereocenters. The van der Waals surface area contributed by atoms with Gasteiger partial charge in [0.25, 0.3) is 5.91 Å². The number of morpholine rings is 1. The number of sulfonamides is 1. The van der Waals surface area contributed by atoms with Gasteiger partial charge < -0.3 is 14.4 Å². The fourth-order valence-electron chi connectivity index (χ4n) is 4.09. The van der Waals surface area contributed by atoms with Gasteiger partial charge in [-0.05, 0) is 69.7 Å². The van der Waals surface area contributed by atoms with E-state index in [2.05, 4.69) is 0 Å². The number of amides is 1. The maximum Gasteiger partial charge on any atom is 0.254 e. The minimum Gasteiger partial charge on any atom is -0.497 e. The molecule has 32 heavy (non-hydrogen) atoms. The second-order valence-electron chi connectivity index (χ2n) is 8.15. The summed E-state index contributed by atoms with van der Waals surface area (Å²) in [5, 5.41) is 0. The lowest BCUT2D eigenvalue weighted by atomic mass is 10.1. The van der Waals surface area contributed by atoms with Crippen molar-refractivity contribution in [3.05, 3.63) is 59.7 Å². The van der Waals surface area contributed by atoms with Crippen LogP contribution < -0.4 is 4.74 Å². The summed E-state index contributed by atoms with van der Waals surface area (Å²) in [5.74, 6) is 0.583. The van der Waals surface area contributed by atoms with Crippen molar-refractivity contribution < 1.29 is 22.7 Å². The first-order valence-corrected chi connectivity index (χ1v) is 12.3. The van der Waals surface area contributed by atoms with Crippen LogP contribution in [0, 0.1) is 0 Å². The van der Waals surface area contributed by atoms with Gasteiger partial charge in [0.1, 0.15) is 5.75 Å². The third-order valence-electron chi connectivity index (χ3n) is 5.77. The van der Waals surface area contributed by atoms with Gasteiger partial charge in [-0.15, -0.1) is 0 Å². The number of carbonyl (C=O) groups excluding carboxylic acids is 1. The van der Waals surface area contributed by atoms with Crippen LogP contribution in [0.5, 0.6) is 5.75 Å². The van der Waals surface area contributed by atoms with E-state index in [1.165, 1.54) is 16.4 Å². The number of ether oxygens (including phenoxy) is 2. The molecule has 0 N–H and O–H groups in total. The van der Waals surface area contributed by atoms with Crippen LogP contribution in [0.4, 0.5) is 0 Å². The minimum atomic E-state index is -3.65. The lowest BCUT2D eigenvalue weighted by Gasteiger charge is -2.34. The quantitative estimate of drug-likeness (QED) is 0.630. The first-order chi connectivity index (χ1) is 15.2. The summed E-state index contributed by atoms with van der Waals surface area (Å²) in [6.45, 7) is 8.76. The largest absolute Gasteiger partial charge is 0.497 e. The van der Waals surface area contributed by atoms with Crippen LogP contribution in [-0.2, 0) is 14.8 Å². The normalized spacial score (nSPS) is 20.5. The van der Waals surface area contributed by atoms with E-state index in [4.69, 9.17) is 9.47 Å². The van der Waals surface area contributed by atoms with Crippen molar-refractivity contribution in [3.63, 3.8) is 0 Å². The van der Waals surface area contributed by atoms with Gasteiger partial charge in [0.05, 0.1) is 30.3 Å². The Bertz CT molecular complexity index is 1030. The molecule has 8 heteroatoms. The lowest BCUT2D eigenvalue weighted by molar-refractivity contribution is -0.0440. The van der Waals surface area contributed by atoms with Crippen molar-refractivity contribution in [2.24, 2.45) is 0 Å². The highest BCUT2D eigenvalue weighted by Crippen LogP contribution is 2.26. The second-order valence-corrected chi connectivity index (χ2v) is 10.1. The molecule has 1 fully saturated rings. The molecule has 3 rings (SSSR count). The van der Waals surface area contributed by atoms with Crippen LogP contribution in [0.15, 0.2) is 53.4 Å². The van der Waals surface area contributed by atoms with E-state index >= 15 is 0 Å². The minimum absolute atomic E-state index is 0.152. The summed E-state index contributed by atoms with van der Waals surface area (Å²) in [6, 6.07) is 13.7. The van der Waals surface area contributed by atoms with E-state index < -0.39 is 10.0 Å². The zero-order valence-corrected chi connectivity index (χ0v) is 20.1. The summed E-state index contributed by atoms with van der Waals surface area (Å²) in [4.78, 5) is 15.1. The van der Waals surface area contributed by atoms with Gasteiger partial charge in [-0.2, -0.15) is 4.31 Å². The summed E-state index contributed by atoms with van der Waals surface area (Å²) >= 11 is 0. The van der Waals surface area contributed by atoms with Crippen LogP contribution >= 0.6 is 0 Å². The van der Waals surface area contributed by atoms with E-state index in [0.29, 0.717) is 25.2 Å². The summed E-state index contributed by atoms with van der Waals surface area (Å²) in [7, 11) is -2.04. The third kappa shape index (κ3) is 5.14. The van der Waals surface area contributed by atoms with Crippen LogP contribution in [-0.4, -0.2) is 62.5 Å². The molecule has 0 spiro atoms. The highest BCUT2D eigenvalue weighted by molar-refractivity contribution is 7.89. The first-order valence-electron chi connectivity index (χ1n) is 10.9. The van der Waals surface area contributed by atoms with E-state index in [-0.39, 0.29) is 29.1 Å². The second kappa shape index (κ2) is 10.0. The topological polar surface area (TPSA) is 76.2 Å². The predicted octanol–water partition coefficient (Wildman–Crippen LogP) is 3.72. The highest BCUT2D eigenvalue weighted by atomic mass is 32.2. The highest BCUT2D eigenvalue weighted by Gasteiger charge is 2.32. The molecule has 0 bridgehead atoms. The molecule has 0 aromatic heterocycles. The third-order valence-corrected chi connectivity index (χ3v) is 7.62. The Morgan fingerprint density at radius 3 is 2.34 bits per heavy atom. The molecule has 7 nitrogen and oxygen atoms in total. The summed E-state index contributed by atoms with van der Waals surface area (Å²) in [5.41, 5.74) is 1.42. The van der Waals surface area contributed by atoms with E-state index in [1.54, 1.807) is 24.1 Å². The van der Waals surface area contributed by atoms with E-state index in [9.17, 15) is 13.2 Å². The van der Waals surface area contributed by atoms with Gasteiger partial charge in [0, 0.05) is 25.2 Å². The molecule has 1 amide bonds. The molecule has 0 aliphatic carbocycles. The van der Waals surface area contributed by atoms with E-state index in [1.807, 2.05) is 52.0 Å². The number of hydrogen-bond acceptors (Lipinski definition) is 5. The molecule has 1 heterocycles. The van der Waals surface area contributed by atoms with Gasteiger partial charge in [-0.1, -0.05) is 12.1 Å². The molecule has 1 aliphatic rings. The summed E-state index contributed by atoms with van der Waals surface area (Å²) < 4.78 is 38.5. The molecule has 1 saturated heterocycles. The lowest BCUT2D eigenvalue weighted by Crippen LogP contribution is -2.48. The number of carbonyl (C=O) groups is 1. The van der Waals surface area contributed by atoms with E-state index in [0.717, 1.165) is 11.3 Å². The Kier molecular flexibility index (Phi) is 7.59. The maximum atomic E-state index is 13.2. The fraction of sp³-hybridized carbons (Fsp3) is 0.458. The molecular formula is C24H32N2O5S. The standard InChI is InChI=1S/C24H32N2O5S/c1-6-26(19(4)21-8-7-9-22(14-21)30-5)24(27)20-10-12-23(13-11-20)32(28,29)25-15-17(2)31-18(3)16-25/h7-14,17-19H,6,15-16H2,1-5H3. The predicted molar refractivity (Wildman–Crippen MR) is 123 cm³/mol. The monoisotopic (exact) mass is 460 g/mol.